The lowest BCUT2D eigenvalue weighted by Crippen LogP contribution is -2.51. The van der Waals surface area contributed by atoms with Crippen LogP contribution < -0.4 is 22.1 Å². The van der Waals surface area contributed by atoms with Gasteiger partial charge in [-0.25, -0.2) is 0 Å². The van der Waals surface area contributed by atoms with Crippen LogP contribution in [0.4, 0.5) is 0 Å². The lowest BCUT2D eigenvalue weighted by molar-refractivity contribution is -0.129. The first kappa shape index (κ1) is 21.6. The molecule has 0 aromatic heterocycles. The van der Waals surface area contributed by atoms with E-state index < -0.39 is 29.8 Å². The third-order valence-corrected chi connectivity index (χ3v) is 4.38. The van der Waals surface area contributed by atoms with E-state index in [1.165, 1.54) is 6.07 Å². The molecule has 7 N–H and O–H groups in total. The number of amides is 3. The molecule has 0 spiro atoms. The maximum absolute atomic E-state index is 12.9. The van der Waals surface area contributed by atoms with Crippen LogP contribution >= 0.6 is 0 Å². The average Bonchev–Trinajstić information content (AvgIpc) is 2.70. The van der Waals surface area contributed by atoms with Gasteiger partial charge in [-0.3, -0.25) is 19.8 Å². The minimum absolute atomic E-state index is 0.168. The first-order valence-electron chi connectivity index (χ1n) is 9.10. The molecule has 0 heterocycles. The van der Waals surface area contributed by atoms with Gasteiger partial charge in [0, 0.05) is 11.1 Å². The number of amidine groups is 1. The molecule has 0 fully saturated rings. The molecule has 2 aromatic rings. The van der Waals surface area contributed by atoms with Crippen molar-refractivity contribution < 1.29 is 14.4 Å². The molecule has 3 amide bonds. The second-order valence-electron chi connectivity index (χ2n) is 6.94. The Morgan fingerprint density at radius 1 is 0.897 bits per heavy atom. The van der Waals surface area contributed by atoms with Gasteiger partial charge in [-0.15, -0.1) is 0 Å². The SMILES string of the molecule is CC(C)[C@H](NC(=O)[C@H](NC(=O)c1cccc(C(=N)N)c1)c1ccccc1)C(N)=O. The second-order valence-corrected chi connectivity index (χ2v) is 6.94. The number of nitrogens with two attached hydrogens (primary N) is 2. The van der Waals surface area contributed by atoms with Crippen LogP contribution in [0.3, 0.4) is 0 Å². The van der Waals surface area contributed by atoms with Crippen LogP contribution in [0.5, 0.6) is 0 Å². The predicted octanol–water partition coefficient (Wildman–Crippen LogP) is 1.07. The smallest absolute Gasteiger partial charge is 0.252 e. The van der Waals surface area contributed by atoms with Gasteiger partial charge in [0.1, 0.15) is 17.9 Å². The molecular formula is C21H25N5O3. The highest BCUT2D eigenvalue weighted by molar-refractivity contribution is 6.01. The summed E-state index contributed by atoms with van der Waals surface area (Å²) in [6, 6.07) is 13.0. The Kier molecular flexibility index (Phi) is 7.08. The highest BCUT2D eigenvalue weighted by Crippen LogP contribution is 2.16. The first-order valence-corrected chi connectivity index (χ1v) is 9.10. The molecule has 0 aliphatic rings. The topological polar surface area (TPSA) is 151 Å². The minimum Gasteiger partial charge on any atom is -0.384 e. The van der Waals surface area contributed by atoms with Gasteiger partial charge in [-0.05, 0) is 23.6 Å². The van der Waals surface area contributed by atoms with Gasteiger partial charge in [0.05, 0.1) is 0 Å². The van der Waals surface area contributed by atoms with Crippen molar-refractivity contribution in [2.24, 2.45) is 17.4 Å². The molecule has 0 unspecified atom stereocenters. The Morgan fingerprint density at radius 2 is 1.52 bits per heavy atom. The monoisotopic (exact) mass is 395 g/mol. The van der Waals surface area contributed by atoms with Gasteiger partial charge in [-0.1, -0.05) is 56.3 Å². The molecule has 8 heteroatoms. The molecule has 2 aromatic carbocycles. The minimum atomic E-state index is -1.04. The highest BCUT2D eigenvalue weighted by atomic mass is 16.2. The number of rotatable bonds is 8. The molecule has 2 rings (SSSR count). The normalized spacial score (nSPS) is 12.7. The Balaban J connectivity index is 2.31. The van der Waals surface area contributed by atoms with Crippen molar-refractivity contribution in [1.29, 1.82) is 5.41 Å². The van der Waals surface area contributed by atoms with Crippen LogP contribution in [-0.2, 0) is 9.59 Å². The standard InChI is InChI=1S/C21H25N5O3/c1-12(2)16(19(24)27)25-21(29)17(13-7-4-3-5-8-13)26-20(28)15-10-6-9-14(11-15)18(22)23/h3-12,16-17H,1-2H3,(H3,22,23)(H2,24,27)(H,25,29)(H,26,28)/t16-,17+/m0/s1. The van der Waals surface area contributed by atoms with Crippen molar-refractivity contribution in [3.8, 4) is 0 Å². The van der Waals surface area contributed by atoms with E-state index in [-0.39, 0.29) is 17.3 Å². The molecule has 152 valence electrons. The fraction of sp³-hybridized carbons (Fsp3) is 0.238. The van der Waals surface area contributed by atoms with E-state index in [1.54, 1.807) is 62.4 Å². The van der Waals surface area contributed by atoms with Crippen molar-refractivity contribution in [1.82, 2.24) is 10.6 Å². The predicted molar refractivity (Wildman–Crippen MR) is 110 cm³/mol. The Hall–Kier alpha value is -3.68. The van der Waals surface area contributed by atoms with E-state index in [0.29, 0.717) is 11.1 Å². The van der Waals surface area contributed by atoms with Crippen LogP contribution in [0.15, 0.2) is 54.6 Å². The summed E-state index contributed by atoms with van der Waals surface area (Å²) in [5.74, 6) is -2.10. The highest BCUT2D eigenvalue weighted by Gasteiger charge is 2.28. The summed E-state index contributed by atoms with van der Waals surface area (Å²) < 4.78 is 0. The fourth-order valence-electron chi connectivity index (χ4n) is 2.79. The molecule has 8 nitrogen and oxygen atoms in total. The summed E-state index contributed by atoms with van der Waals surface area (Å²) in [6.07, 6.45) is 0. The third kappa shape index (κ3) is 5.65. The summed E-state index contributed by atoms with van der Waals surface area (Å²) >= 11 is 0. The average molecular weight is 395 g/mol. The number of hydrogen-bond donors (Lipinski definition) is 5. The first-order chi connectivity index (χ1) is 13.7. The zero-order valence-electron chi connectivity index (χ0n) is 16.3. The van der Waals surface area contributed by atoms with E-state index in [1.807, 2.05) is 0 Å². The quantitative estimate of drug-likeness (QED) is 0.335. The second kappa shape index (κ2) is 9.50. The van der Waals surface area contributed by atoms with Gasteiger partial charge < -0.3 is 22.1 Å². The Labute approximate surface area is 169 Å². The van der Waals surface area contributed by atoms with Crippen LogP contribution in [0, 0.1) is 11.3 Å². The van der Waals surface area contributed by atoms with Crippen molar-refractivity contribution in [3.05, 3.63) is 71.3 Å². The maximum Gasteiger partial charge on any atom is 0.252 e. The summed E-state index contributed by atoms with van der Waals surface area (Å²) in [4.78, 5) is 37.4. The Morgan fingerprint density at radius 3 is 2.07 bits per heavy atom. The summed E-state index contributed by atoms with van der Waals surface area (Å²) in [5, 5.41) is 12.8. The zero-order valence-corrected chi connectivity index (χ0v) is 16.3. The summed E-state index contributed by atoms with van der Waals surface area (Å²) in [5.41, 5.74) is 12.1. The number of nitrogen functional groups attached to an aromatic ring is 1. The van der Waals surface area contributed by atoms with Gasteiger partial charge >= 0.3 is 0 Å². The van der Waals surface area contributed by atoms with E-state index >= 15 is 0 Å². The molecule has 0 aliphatic heterocycles. The number of benzene rings is 2. The summed E-state index contributed by atoms with van der Waals surface area (Å²) in [6.45, 7) is 3.53. The zero-order chi connectivity index (χ0) is 21.6. The molecular weight excluding hydrogens is 370 g/mol. The molecule has 0 saturated carbocycles. The lowest BCUT2D eigenvalue weighted by Gasteiger charge is -2.24. The van der Waals surface area contributed by atoms with Crippen molar-refractivity contribution >= 4 is 23.6 Å². The van der Waals surface area contributed by atoms with Gasteiger partial charge in [0.2, 0.25) is 11.8 Å². The molecule has 29 heavy (non-hydrogen) atoms. The molecule has 0 saturated heterocycles. The van der Waals surface area contributed by atoms with Crippen LogP contribution in [0.2, 0.25) is 0 Å². The number of primary amides is 1. The van der Waals surface area contributed by atoms with Crippen molar-refractivity contribution in [3.63, 3.8) is 0 Å². The maximum atomic E-state index is 12.9. The van der Waals surface area contributed by atoms with Crippen molar-refractivity contribution in [2.75, 3.05) is 0 Å². The van der Waals surface area contributed by atoms with Crippen LogP contribution in [0.1, 0.15) is 41.4 Å². The van der Waals surface area contributed by atoms with Gasteiger partial charge in [0.15, 0.2) is 0 Å². The van der Waals surface area contributed by atoms with Crippen molar-refractivity contribution in [2.45, 2.75) is 25.9 Å². The number of nitrogens with one attached hydrogen (secondary N) is 3. The van der Waals surface area contributed by atoms with E-state index in [2.05, 4.69) is 10.6 Å². The molecule has 0 bridgehead atoms. The third-order valence-electron chi connectivity index (χ3n) is 4.38. The van der Waals surface area contributed by atoms with Crippen LogP contribution in [-0.4, -0.2) is 29.6 Å². The fourth-order valence-corrected chi connectivity index (χ4v) is 2.79. The number of hydrogen-bond acceptors (Lipinski definition) is 4. The number of carbonyl (C=O) groups excluding carboxylic acids is 3. The molecule has 0 radical (unpaired) electrons. The number of carbonyl (C=O) groups is 3. The van der Waals surface area contributed by atoms with E-state index in [4.69, 9.17) is 16.9 Å². The lowest BCUT2D eigenvalue weighted by atomic mass is 10.0. The van der Waals surface area contributed by atoms with Gasteiger partial charge in [0.25, 0.3) is 5.91 Å². The summed E-state index contributed by atoms with van der Waals surface area (Å²) in [7, 11) is 0. The molecule has 2 atom stereocenters. The van der Waals surface area contributed by atoms with E-state index in [9.17, 15) is 14.4 Å². The van der Waals surface area contributed by atoms with Gasteiger partial charge in [-0.2, -0.15) is 0 Å². The molecule has 0 aliphatic carbocycles. The largest absolute Gasteiger partial charge is 0.384 e. The Bertz CT molecular complexity index is 912. The van der Waals surface area contributed by atoms with E-state index in [0.717, 1.165) is 0 Å². The van der Waals surface area contributed by atoms with Crippen LogP contribution in [0.25, 0.3) is 0 Å².